The molecule has 0 spiro atoms. The Labute approximate surface area is 172 Å². The smallest absolute Gasteiger partial charge is 0.393 e. The largest absolute Gasteiger partial charge is 0.497 e. The van der Waals surface area contributed by atoms with Crippen molar-refractivity contribution in [3.63, 3.8) is 0 Å². The number of allylic oxidation sites excluding steroid dienone is 1. The molecule has 0 bridgehead atoms. The van der Waals surface area contributed by atoms with Crippen LogP contribution in [0.25, 0.3) is 17.3 Å². The van der Waals surface area contributed by atoms with Crippen molar-refractivity contribution >= 4 is 12.0 Å². The Balaban J connectivity index is 2.02. The van der Waals surface area contributed by atoms with E-state index in [1.54, 1.807) is 19.1 Å². The van der Waals surface area contributed by atoms with Crippen LogP contribution < -0.4 is 15.8 Å². The minimum absolute atomic E-state index is 0.0208. The molecule has 1 aromatic heterocycles. The quantitative estimate of drug-likeness (QED) is 0.733. The van der Waals surface area contributed by atoms with Crippen LogP contribution in [0, 0.1) is 0 Å². The van der Waals surface area contributed by atoms with E-state index < -0.39 is 12.6 Å². The Morgan fingerprint density at radius 1 is 1.30 bits per heavy atom. The minimum Gasteiger partial charge on any atom is -0.497 e. The van der Waals surface area contributed by atoms with Gasteiger partial charge in [0, 0.05) is 30.5 Å². The monoisotopic (exact) mass is 423 g/mol. The summed E-state index contributed by atoms with van der Waals surface area (Å²) in [6.45, 7) is 2.96. The Hall–Kier alpha value is -2.88. The summed E-state index contributed by atoms with van der Waals surface area (Å²) >= 11 is 0. The number of nitrogens with zero attached hydrogens (tertiary/aromatic N) is 3. The Bertz CT molecular complexity index is 908. The molecule has 0 atom stereocenters. The predicted molar refractivity (Wildman–Crippen MR) is 107 cm³/mol. The first-order valence-corrected chi connectivity index (χ1v) is 9.52. The highest BCUT2D eigenvalue weighted by atomic mass is 19.4. The molecule has 3 N–H and O–H groups in total. The van der Waals surface area contributed by atoms with Crippen LogP contribution in [-0.4, -0.2) is 47.7 Å². The molecule has 7 nitrogen and oxygen atoms in total. The molecule has 3 rings (SSSR count). The summed E-state index contributed by atoms with van der Waals surface area (Å²) in [6.07, 6.45) is -2.35. The number of halogens is 3. The normalized spacial score (nSPS) is 15.8. The number of anilines is 1. The number of nitrogens with one attached hydrogen (secondary N) is 1. The average Bonchev–Trinajstić information content (AvgIpc) is 2.68. The number of hydrogen-bond donors (Lipinski definition) is 2. The molecular formula is C20H24F3N5O2. The lowest BCUT2D eigenvalue weighted by atomic mass is 9.99. The van der Waals surface area contributed by atoms with E-state index in [-0.39, 0.29) is 22.9 Å². The Morgan fingerprint density at radius 2 is 2.03 bits per heavy atom. The van der Waals surface area contributed by atoms with Gasteiger partial charge in [-0.05, 0) is 49.6 Å². The van der Waals surface area contributed by atoms with Gasteiger partial charge >= 0.3 is 6.18 Å². The van der Waals surface area contributed by atoms with Crippen molar-refractivity contribution in [3.8, 4) is 17.0 Å². The zero-order valence-corrected chi connectivity index (χ0v) is 16.8. The molecule has 1 aromatic carbocycles. The number of hydrogen-bond acceptors (Lipinski definition) is 7. The van der Waals surface area contributed by atoms with Crippen molar-refractivity contribution in [2.45, 2.75) is 38.4 Å². The van der Waals surface area contributed by atoms with Crippen LogP contribution in [0.5, 0.6) is 5.75 Å². The first-order chi connectivity index (χ1) is 14.2. The summed E-state index contributed by atoms with van der Waals surface area (Å²) in [5, 5.41) is 11.5. The van der Waals surface area contributed by atoms with E-state index in [0.717, 1.165) is 12.8 Å². The maximum atomic E-state index is 13.2. The van der Waals surface area contributed by atoms with Crippen LogP contribution in [0.3, 0.4) is 0 Å². The zero-order valence-electron chi connectivity index (χ0n) is 16.8. The standard InChI is InChI=1S/C20H24F3N5O2/c1-12(24)9-17-18(27-28-19(26-17)25-14-5-7-30-8-6-14)16-4-3-15(29-2)10-13(16)11-20(21,22)23/h3-4,9-10,14H,5-8,11,24H2,1-2H3,(H,25,26,28). The van der Waals surface area contributed by atoms with Crippen LogP contribution in [0.1, 0.15) is 31.0 Å². The lowest BCUT2D eigenvalue weighted by Crippen LogP contribution is -2.29. The molecule has 0 radical (unpaired) electrons. The molecular weight excluding hydrogens is 399 g/mol. The van der Waals surface area contributed by atoms with E-state index in [9.17, 15) is 13.2 Å². The van der Waals surface area contributed by atoms with Gasteiger partial charge < -0.3 is 20.5 Å². The van der Waals surface area contributed by atoms with Crippen molar-refractivity contribution in [1.29, 1.82) is 0 Å². The third-order valence-electron chi connectivity index (χ3n) is 4.59. The molecule has 162 valence electrons. The fraction of sp³-hybridized carbons (Fsp3) is 0.450. The van der Waals surface area contributed by atoms with Crippen LogP contribution in [0.15, 0.2) is 23.9 Å². The summed E-state index contributed by atoms with van der Waals surface area (Å²) in [6, 6.07) is 4.60. The number of aromatic nitrogens is 3. The molecule has 2 heterocycles. The van der Waals surface area contributed by atoms with Gasteiger partial charge in [0.1, 0.15) is 11.4 Å². The fourth-order valence-electron chi connectivity index (χ4n) is 3.22. The van der Waals surface area contributed by atoms with Gasteiger partial charge in [-0.2, -0.15) is 13.2 Å². The van der Waals surface area contributed by atoms with Crippen LogP contribution in [0.2, 0.25) is 0 Å². The van der Waals surface area contributed by atoms with Crippen molar-refractivity contribution in [2.75, 3.05) is 25.6 Å². The molecule has 1 fully saturated rings. The molecule has 1 aliphatic heterocycles. The van der Waals surface area contributed by atoms with Crippen LogP contribution >= 0.6 is 0 Å². The summed E-state index contributed by atoms with van der Waals surface area (Å²) in [7, 11) is 1.40. The van der Waals surface area contributed by atoms with Gasteiger partial charge in [-0.25, -0.2) is 4.98 Å². The molecule has 0 saturated carbocycles. The van der Waals surface area contributed by atoms with E-state index in [1.807, 2.05) is 0 Å². The lowest BCUT2D eigenvalue weighted by Gasteiger charge is -2.23. The summed E-state index contributed by atoms with van der Waals surface area (Å²) in [5.74, 6) is 0.618. The highest BCUT2D eigenvalue weighted by Gasteiger charge is 2.30. The summed E-state index contributed by atoms with van der Waals surface area (Å²) in [5.41, 5.74) is 7.13. The number of alkyl halides is 3. The zero-order chi connectivity index (χ0) is 21.7. The van der Waals surface area contributed by atoms with Gasteiger partial charge in [0.05, 0.1) is 19.2 Å². The van der Waals surface area contributed by atoms with Crippen molar-refractivity contribution in [3.05, 3.63) is 35.2 Å². The highest BCUT2D eigenvalue weighted by molar-refractivity contribution is 5.73. The average molecular weight is 423 g/mol. The number of ether oxygens (including phenoxy) is 2. The van der Waals surface area contributed by atoms with E-state index in [4.69, 9.17) is 15.2 Å². The maximum absolute atomic E-state index is 13.2. The number of nitrogens with two attached hydrogens (primary N) is 1. The first kappa shape index (κ1) is 21.8. The molecule has 0 amide bonds. The van der Waals surface area contributed by atoms with Crippen LogP contribution in [-0.2, 0) is 11.2 Å². The van der Waals surface area contributed by atoms with Gasteiger partial charge in [0.15, 0.2) is 0 Å². The van der Waals surface area contributed by atoms with Gasteiger partial charge in [-0.15, -0.1) is 10.2 Å². The molecule has 0 unspecified atom stereocenters. The summed E-state index contributed by atoms with van der Waals surface area (Å²) in [4.78, 5) is 4.47. The van der Waals surface area contributed by atoms with Crippen LogP contribution in [0.4, 0.5) is 19.1 Å². The second-order valence-corrected chi connectivity index (χ2v) is 7.10. The van der Waals surface area contributed by atoms with Crippen molar-refractivity contribution in [1.82, 2.24) is 15.2 Å². The lowest BCUT2D eigenvalue weighted by molar-refractivity contribution is -0.127. The SMILES string of the molecule is COc1ccc(-c2nnc(NC3CCOCC3)nc2C=C(C)N)c(CC(F)(F)F)c1. The molecule has 10 heteroatoms. The van der Waals surface area contributed by atoms with Crippen molar-refractivity contribution < 1.29 is 22.6 Å². The molecule has 1 aliphatic rings. The highest BCUT2D eigenvalue weighted by Crippen LogP contribution is 2.33. The number of benzene rings is 1. The van der Waals surface area contributed by atoms with E-state index in [0.29, 0.717) is 36.3 Å². The second kappa shape index (κ2) is 9.29. The second-order valence-electron chi connectivity index (χ2n) is 7.10. The molecule has 2 aromatic rings. The van der Waals surface area contributed by atoms with Gasteiger partial charge in [0.25, 0.3) is 0 Å². The van der Waals surface area contributed by atoms with E-state index in [1.165, 1.54) is 19.2 Å². The third-order valence-corrected chi connectivity index (χ3v) is 4.59. The fourth-order valence-corrected chi connectivity index (χ4v) is 3.22. The molecule has 1 saturated heterocycles. The number of rotatable bonds is 6. The maximum Gasteiger partial charge on any atom is 0.393 e. The number of methoxy groups -OCH3 is 1. The Kier molecular flexibility index (Phi) is 6.76. The summed E-state index contributed by atoms with van der Waals surface area (Å²) < 4.78 is 49.9. The molecule has 0 aliphatic carbocycles. The third kappa shape index (κ3) is 5.82. The predicted octanol–water partition coefficient (Wildman–Crippen LogP) is 3.56. The topological polar surface area (TPSA) is 95.2 Å². The minimum atomic E-state index is -4.40. The van der Waals surface area contributed by atoms with Crippen molar-refractivity contribution in [2.24, 2.45) is 5.73 Å². The van der Waals surface area contributed by atoms with Gasteiger partial charge in [0.2, 0.25) is 5.95 Å². The Morgan fingerprint density at radius 3 is 2.67 bits per heavy atom. The van der Waals surface area contributed by atoms with Gasteiger partial charge in [-0.1, -0.05) is 0 Å². The van der Waals surface area contributed by atoms with Gasteiger partial charge in [-0.3, -0.25) is 0 Å². The first-order valence-electron chi connectivity index (χ1n) is 9.52. The van der Waals surface area contributed by atoms with E-state index in [2.05, 4.69) is 20.5 Å². The molecule has 30 heavy (non-hydrogen) atoms. The van der Waals surface area contributed by atoms with E-state index >= 15 is 0 Å².